The lowest BCUT2D eigenvalue weighted by Crippen LogP contribution is -1.80. The average Bonchev–Trinajstić information content (AvgIpc) is 2.10. The van der Waals surface area contributed by atoms with Crippen molar-refractivity contribution in [3.8, 4) is 12.3 Å². The molecule has 1 aromatic heterocycles. The van der Waals surface area contributed by atoms with E-state index in [9.17, 15) is 0 Å². The fourth-order valence-corrected chi connectivity index (χ4v) is 0.553. The van der Waals surface area contributed by atoms with Crippen LogP contribution in [0.2, 0.25) is 0 Å². The lowest BCUT2D eigenvalue weighted by Gasteiger charge is -1.88. The predicted octanol–water partition coefficient (Wildman–Crippen LogP) is 2.40. The first kappa shape index (κ1) is 9.71. The first-order valence-corrected chi connectivity index (χ1v) is 3.72. The minimum atomic E-state index is 0.695. The van der Waals surface area contributed by atoms with E-state index >= 15 is 0 Å². The molecular formula is C10H13N. The Kier molecular flexibility index (Phi) is 4.85. The van der Waals surface area contributed by atoms with Crippen molar-refractivity contribution in [3.63, 3.8) is 0 Å². The third-order valence-corrected chi connectivity index (χ3v) is 1.06. The quantitative estimate of drug-likeness (QED) is 0.513. The van der Waals surface area contributed by atoms with Crippen LogP contribution in [0.1, 0.15) is 25.1 Å². The van der Waals surface area contributed by atoms with Crippen LogP contribution in [-0.4, -0.2) is 4.98 Å². The fourth-order valence-electron chi connectivity index (χ4n) is 0.553. The molecule has 0 fully saturated rings. The first-order valence-electron chi connectivity index (χ1n) is 3.72. The molecule has 1 heterocycles. The van der Waals surface area contributed by atoms with Gasteiger partial charge in [0.2, 0.25) is 0 Å². The van der Waals surface area contributed by atoms with Crippen molar-refractivity contribution in [2.75, 3.05) is 0 Å². The summed E-state index contributed by atoms with van der Waals surface area (Å²) >= 11 is 0. The second-order valence-electron chi connectivity index (χ2n) is 1.87. The van der Waals surface area contributed by atoms with Crippen molar-refractivity contribution in [3.05, 3.63) is 29.6 Å². The molecule has 0 aromatic carbocycles. The highest BCUT2D eigenvalue weighted by atomic mass is 14.7. The number of nitrogens with zero attached hydrogens (tertiary/aromatic N) is 1. The molecule has 0 spiro atoms. The third kappa shape index (κ3) is 3.42. The summed E-state index contributed by atoms with van der Waals surface area (Å²) in [6.07, 6.45) is 6.85. The largest absolute Gasteiger partial charge is 0.248 e. The Hall–Kier alpha value is -1.29. The van der Waals surface area contributed by atoms with E-state index in [0.29, 0.717) is 5.69 Å². The van der Waals surface area contributed by atoms with Gasteiger partial charge in [0.25, 0.3) is 0 Å². The molecule has 0 aliphatic carbocycles. The Labute approximate surface area is 68.5 Å². The zero-order chi connectivity index (χ0) is 8.69. The van der Waals surface area contributed by atoms with Gasteiger partial charge in [0.15, 0.2) is 0 Å². The number of rotatable bonds is 0. The van der Waals surface area contributed by atoms with E-state index in [2.05, 4.69) is 10.9 Å². The lowest BCUT2D eigenvalue weighted by molar-refractivity contribution is 1.24. The maximum Gasteiger partial charge on any atom is 0.112 e. The highest BCUT2D eigenvalue weighted by Gasteiger charge is 1.84. The topological polar surface area (TPSA) is 12.9 Å². The molecule has 0 amide bonds. The van der Waals surface area contributed by atoms with Gasteiger partial charge in [0.1, 0.15) is 5.69 Å². The minimum Gasteiger partial charge on any atom is -0.248 e. The van der Waals surface area contributed by atoms with Crippen LogP contribution in [0.15, 0.2) is 18.3 Å². The summed E-state index contributed by atoms with van der Waals surface area (Å²) in [5, 5.41) is 0. The number of hydrogen-bond donors (Lipinski definition) is 0. The number of aromatic nitrogens is 1. The van der Waals surface area contributed by atoms with Gasteiger partial charge < -0.3 is 0 Å². The van der Waals surface area contributed by atoms with Crippen LogP contribution in [0.3, 0.4) is 0 Å². The van der Waals surface area contributed by atoms with Gasteiger partial charge in [-0.3, -0.25) is 0 Å². The highest BCUT2D eigenvalue weighted by Crippen LogP contribution is 1.95. The first-order chi connectivity index (χ1) is 5.33. The van der Waals surface area contributed by atoms with Crippen molar-refractivity contribution in [1.82, 2.24) is 4.98 Å². The van der Waals surface area contributed by atoms with Crippen LogP contribution in [0.25, 0.3) is 0 Å². The summed E-state index contributed by atoms with van der Waals surface area (Å²) < 4.78 is 0. The Morgan fingerprint density at radius 2 is 2.00 bits per heavy atom. The molecule has 0 bridgehead atoms. The molecule has 0 aliphatic rings. The summed E-state index contributed by atoms with van der Waals surface area (Å²) in [5.74, 6) is 2.44. The number of aryl methyl sites for hydroxylation is 1. The van der Waals surface area contributed by atoms with E-state index in [1.54, 1.807) is 6.20 Å². The minimum absolute atomic E-state index is 0.695. The highest BCUT2D eigenvalue weighted by molar-refractivity contribution is 5.25. The van der Waals surface area contributed by atoms with E-state index in [0.717, 1.165) is 5.56 Å². The normalized spacial score (nSPS) is 7.45. The van der Waals surface area contributed by atoms with Gasteiger partial charge in [-0.25, -0.2) is 4.98 Å². The van der Waals surface area contributed by atoms with Crippen LogP contribution in [0, 0.1) is 19.3 Å². The van der Waals surface area contributed by atoms with E-state index in [1.165, 1.54) is 0 Å². The van der Waals surface area contributed by atoms with Crippen molar-refractivity contribution in [2.45, 2.75) is 20.8 Å². The molecular weight excluding hydrogens is 134 g/mol. The smallest absolute Gasteiger partial charge is 0.112 e. The molecule has 0 unspecified atom stereocenters. The van der Waals surface area contributed by atoms with Gasteiger partial charge in [-0.05, 0) is 18.6 Å². The molecule has 0 N–H and O–H groups in total. The molecule has 0 saturated carbocycles. The van der Waals surface area contributed by atoms with Gasteiger partial charge in [-0.15, -0.1) is 6.42 Å². The fraction of sp³-hybridized carbons (Fsp3) is 0.300. The second-order valence-corrected chi connectivity index (χ2v) is 1.87. The molecule has 58 valence electrons. The van der Waals surface area contributed by atoms with Crippen molar-refractivity contribution >= 4 is 0 Å². The van der Waals surface area contributed by atoms with Crippen LogP contribution in [-0.2, 0) is 0 Å². The number of terminal acetylenes is 1. The van der Waals surface area contributed by atoms with Gasteiger partial charge in [-0.1, -0.05) is 25.8 Å². The molecule has 0 saturated heterocycles. The molecule has 0 radical (unpaired) electrons. The van der Waals surface area contributed by atoms with Gasteiger partial charge in [0, 0.05) is 6.20 Å². The SMILES string of the molecule is C#Cc1ccc(C)cn1.CC. The molecule has 0 aliphatic heterocycles. The van der Waals surface area contributed by atoms with E-state index in [1.807, 2.05) is 32.9 Å². The molecule has 1 nitrogen and oxygen atoms in total. The van der Waals surface area contributed by atoms with E-state index in [-0.39, 0.29) is 0 Å². The summed E-state index contributed by atoms with van der Waals surface area (Å²) in [7, 11) is 0. The Morgan fingerprint density at radius 3 is 2.36 bits per heavy atom. The molecule has 1 rings (SSSR count). The van der Waals surface area contributed by atoms with Gasteiger partial charge >= 0.3 is 0 Å². The molecule has 0 atom stereocenters. The third-order valence-electron chi connectivity index (χ3n) is 1.06. The van der Waals surface area contributed by atoms with Crippen molar-refractivity contribution in [1.29, 1.82) is 0 Å². The van der Waals surface area contributed by atoms with Crippen LogP contribution < -0.4 is 0 Å². The Bertz CT molecular complexity index is 228. The standard InChI is InChI=1S/C8H7N.C2H6/c1-3-8-5-4-7(2)6-9-8;1-2/h1,4-6H,2H3;1-2H3. The number of hydrogen-bond acceptors (Lipinski definition) is 1. The van der Waals surface area contributed by atoms with E-state index < -0.39 is 0 Å². The van der Waals surface area contributed by atoms with Gasteiger partial charge in [0.05, 0.1) is 0 Å². The monoisotopic (exact) mass is 147 g/mol. The van der Waals surface area contributed by atoms with Crippen LogP contribution in [0.4, 0.5) is 0 Å². The average molecular weight is 147 g/mol. The van der Waals surface area contributed by atoms with Crippen molar-refractivity contribution < 1.29 is 0 Å². The Balaban J connectivity index is 0.000000461. The molecule has 1 heteroatoms. The van der Waals surface area contributed by atoms with E-state index in [4.69, 9.17) is 6.42 Å². The summed E-state index contributed by atoms with van der Waals surface area (Å²) in [5.41, 5.74) is 1.83. The van der Waals surface area contributed by atoms with Crippen LogP contribution >= 0.6 is 0 Å². The van der Waals surface area contributed by atoms with Crippen molar-refractivity contribution in [2.24, 2.45) is 0 Å². The van der Waals surface area contributed by atoms with Gasteiger partial charge in [-0.2, -0.15) is 0 Å². The zero-order valence-corrected chi connectivity index (χ0v) is 7.26. The lowest BCUT2D eigenvalue weighted by atomic mass is 10.3. The zero-order valence-electron chi connectivity index (χ0n) is 7.26. The van der Waals surface area contributed by atoms with Crippen LogP contribution in [0.5, 0.6) is 0 Å². The molecule has 11 heavy (non-hydrogen) atoms. The maximum absolute atomic E-state index is 5.09. The Morgan fingerprint density at radius 1 is 1.36 bits per heavy atom. The summed E-state index contributed by atoms with van der Waals surface area (Å²) in [6.45, 7) is 5.98. The maximum atomic E-state index is 5.09. The molecule has 1 aromatic rings. The summed E-state index contributed by atoms with van der Waals surface area (Å²) in [4.78, 5) is 3.96. The predicted molar refractivity (Wildman–Crippen MR) is 48.3 cm³/mol. The number of pyridine rings is 1. The summed E-state index contributed by atoms with van der Waals surface area (Å²) in [6, 6.07) is 3.78. The second kappa shape index (κ2) is 5.49.